The monoisotopic (exact) mass is 283 g/mol. The third-order valence-corrected chi connectivity index (χ3v) is 3.67. The van der Waals surface area contributed by atoms with Crippen molar-refractivity contribution >= 4 is 21.7 Å². The maximum atomic E-state index is 4.54. The summed E-state index contributed by atoms with van der Waals surface area (Å²) in [7, 11) is 4.12. The first-order chi connectivity index (χ1) is 7.72. The van der Waals surface area contributed by atoms with E-state index in [0.717, 1.165) is 16.8 Å². The number of rotatable bonds is 4. The van der Waals surface area contributed by atoms with E-state index in [-0.39, 0.29) is 0 Å². The molecule has 4 heteroatoms. The summed E-state index contributed by atoms with van der Waals surface area (Å²) in [6.07, 6.45) is 5.83. The van der Waals surface area contributed by atoms with Gasteiger partial charge in [0.05, 0.1) is 0 Å². The lowest BCUT2D eigenvalue weighted by atomic mass is 9.91. The van der Waals surface area contributed by atoms with Gasteiger partial charge in [-0.05, 0) is 48.3 Å². The Morgan fingerprint density at radius 3 is 2.88 bits per heavy atom. The molecule has 88 valence electrons. The minimum absolute atomic E-state index is 0.685. The first-order valence-electron chi connectivity index (χ1n) is 5.74. The minimum atomic E-state index is 0.685. The minimum Gasteiger partial charge on any atom is -0.356 e. The number of anilines is 1. The number of nitrogens with one attached hydrogen (secondary N) is 1. The highest BCUT2D eigenvalue weighted by Gasteiger charge is 2.24. The van der Waals surface area contributed by atoms with Crippen molar-refractivity contribution in [1.29, 1.82) is 0 Å². The molecule has 0 spiro atoms. The van der Waals surface area contributed by atoms with Crippen LogP contribution in [0.3, 0.4) is 0 Å². The molecule has 0 saturated heterocycles. The number of halogens is 1. The SMILES string of the molecule is CNCc1cc(Br)cnc1N(C)C1CCC1. The first kappa shape index (κ1) is 11.9. The molecule has 1 heterocycles. The van der Waals surface area contributed by atoms with Crippen molar-refractivity contribution in [3.63, 3.8) is 0 Å². The van der Waals surface area contributed by atoms with Crippen molar-refractivity contribution in [3.05, 3.63) is 22.3 Å². The van der Waals surface area contributed by atoms with Gasteiger partial charge in [0.2, 0.25) is 0 Å². The van der Waals surface area contributed by atoms with Crippen molar-refractivity contribution < 1.29 is 0 Å². The molecule has 0 amide bonds. The van der Waals surface area contributed by atoms with Crippen LogP contribution in [-0.2, 0) is 6.54 Å². The number of hydrogen-bond acceptors (Lipinski definition) is 3. The van der Waals surface area contributed by atoms with E-state index in [1.165, 1.54) is 24.8 Å². The second-order valence-electron chi connectivity index (χ2n) is 4.36. The van der Waals surface area contributed by atoms with E-state index in [2.05, 4.69) is 44.2 Å². The fourth-order valence-electron chi connectivity index (χ4n) is 2.06. The molecule has 16 heavy (non-hydrogen) atoms. The van der Waals surface area contributed by atoms with Crippen LogP contribution in [0.15, 0.2) is 16.7 Å². The van der Waals surface area contributed by atoms with E-state index in [0.29, 0.717) is 6.04 Å². The Kier molecular flexibility index (Phi) is 3.82. The Hall–Kier alpha value is -0.610. The molecule has 1 aliphatic carbocycles. The van der Waals surface area contributed by atoms with Gasteiger partial charge in [-0.3, -0.25) is 0 Å². The molecule has 0 aliphatic heterocycles. The molecule has 1 fully saturated rings. The Labute approximate surface area is 105 Å². The summed E-state index contributed by atoms with van der Waals surface area (Å²) in [5.74, 6) is 1.11. The third kappa shape index (κ3) is 2.38. The van der Waals surface area contributed by atoms with Gasteiger partial charge in [-0.25, -0.2) is 4.98 Å². The Morgan fingerprint density at radius 1 is 1.56 bits per heavy atom. The molecule has 1 aromatic rings. The van der Waals surface area contributed by atoms with Crippen LogP contribution in [0.4, 0.5) is 5.82 Å². The second-order valence-corrected chi connectivity index (χ2v) is 5.28. The first-order valence-corrected chi connectivity index (χ1v) is 6.53. The molecule has 3 nitrogen and oxygen atoms in total. The summed E-state index contributed by atoms with van der Waals surface area (Å²) in [6.45, 7) is 0.860. The van der Waals surface area contributed by atoms with E-state index in [1.807, 2.05) is 13.2 Å². The number of nitrogens with zero attached hydrogens (tertiary/aromatic N) is 2. The van der Waals surface area contributed by atoms with E-state index in [1.54, 1.807) is 0 Å². The zero-order valence-corrected chi connectivity index (χ0v) is 11.4. The zero-order chi connectivity index (χ0) is 11.5. The summed E-state index contributed by atoms with van der Waals surface area (Å²) in [6, 6.07) is 2.83. The summed E-state index contributed by atoms with van der Waals surface area (Å²) in [5.41, 5.74) is 1.26. The number of pyridine rings is 1. The number of hydrogen-bond donors (Lipinski definition) is 1. The van der Waals surface area contributed by atoms with Crippen LogP contribution in [0.5, 0.6) is 0 Å². The lowest BCUT2D eigenvalue weighted by Gasteiger charge is -2.36. The highest BCUT2D eigenvalue weighted by Crippen LogP contribution is 2.29. The fraction of sp³-hybridized carbons (Fsp3) is 0.583. The van der Waals surface area contributed by atoms with Crippen LogP contribution >= 0.6 is 15.9 Å². The van der Waals surface area contributed by atoms with Crippen molar-refractivity contribution in [2.24, 2.45) is 0 Å². The zero-order valence-electron chi connectivity index (χ0n) is 9.83. The van der Waals surface area contributed by atoms with E-state index in [4.69, 9.17) is 0 Å². The molecular weight excluding hydrogens is 266 g/mol. The van der Waals surface area contributed by atoms with E-state index in [9.17, 15) is 0 Å². The Balaban J connectivity index is 2.23. The molecule has 2 rings (SSSR count). The molecule has 0 unspecified atom stereocenters. The molecule has 1 aromatic heterocycles. The number of aromatic nitrogens is 1. The molecule has 0 atom stereocenters. The molecule has 0 radical (unpaired) electrons. The summed E-state index contributed by atoms with van der Waals surface area (Å²) >= 11 is 3.47. The average Bonchev–Trinajstić information content (AvgIpc) is 2.15. The quantitative estimate of drug-likeness (QED) is 0.921. The van der Waals surface area contributed by atoms with Gasteiger partial charge in [-0.15, -0.1) is 0 Å². The smallest absolute Gasteiger partial charge is 0.133 e. The van der Waals surface area contributed by atoms with Gasteiger partial charge in [0.1, 0.15) is 5.82 Å². The van der Waals surface area contributed by atoms with Crippen molar-refractivity contribution in [3.8, 4) is 0 Å². The highest BCUT2D eigenvalue weighted by atomic mass is 79.9. The van der Waals surface area contributed by atoms with Gasteiger partial charge in [0, 0.05) is 35.9 Å². The van der Waals surface area contributed by atoms with Crippen molar-refractivity contribution in [2.75, 3.05) is 19.0 Å². The van der Waals surface area contributed by atoms with Gasteiger partial charge in [-0.1, -0.05) is 0 Å². The van der Waals surface area contributed by atoms with Gasteiger partial charge in [0.15, 0.2) is 0 Å². The van der Waals surface area contributed by atoms with Crippen LogP contribution in [0.2, 0.25) is 0 Å². The lowest BCUT2D eigenvalue weighted by molar-refractivity contribution is 0.398. The maximum absolute atomic E-state index is 4.54. The van der Waals surface area contributed by atoms with Gasteiger partial charge < -0.3 is 10.2 Å². The molecule has 0 bridgehead atoms. The third-order valence-electron chi connectivity index (χ3n) is 3.23. The van der Waals surface area contributed by atoms with Crippen LogP contribution in [0, 0.1) is 0 Å². The lowest BCUT2D eigenvalue weighted by Crippen LogP contribution is -2.38. The standard InChI is InChI=1S/C12H18BrN3/c1-14-7-9-6-10(13)8-15-12(9)16(2)11-4-3-5-11/h6,8,11,14H,3-5,7H2,1-2H3. The highest BCUT2D eigenvalue weighted by molar-refractivity contribution is 9.10. The molecule has 0 aromatic carbocycles. The molecule has 1 N–H and O–H groups in total. The predicted octanol–water partition coefficient (Wildman–Crippen LogP) is 2.55. The molecule has 1 saturated carbocycles. The van der Waals surface area contributed by atoms with Crippen LogP contribution in [-0.4, -0.2) is 25.1 Å². The fourth-order valence-corrected chi connectivity index (χ4v) is 2.44. The normalized spacial score (nSPS) is 15.9. The van der Waals surface area contributed by atoms with Crippen LogP contribution in [0.25, 0.3) is 0 Å². The van der Waals surface area contributed by atoms with E-state index >= 15 is 0 Å². The second kappa shape index (κ2) is 5.15. The molecular formula is C12H18BrN3. The summed E-state index contributed by atoms with van der Waals surface area (Å²) in [5, 5.41) is 3.19. The topological polar surface area (TPSA) is 28.2 Å². The Bertz CT molecular complexity index is 363. The van der Waals surface area contributed by atoms with Crippen molar-refractivity contribution in [1.82, 2.24) is 10.3 Å². The maximum Gasteiger partial charge on any atom is 0.133 e. The van der Waals surface area contributed by atoms with E-state index < -0.39 is 0 Å². The summed E-state index contributed by atoms with van der Waals surface area (Å²) < 4.78 is 1.04. The summed E-state index contributed by atoms with van der Waals surface area (Å²) in [4.78, 5) is 6.86. The predicted molar refractivity (Wildman–Crippen MR) is 70.7 cm³/mol. The molecule has 1 aliphatic rings. The van der Waals surface area contributed by atoms with Gasteiger partial charge >= 0.3 is 0 Å². The average molecular weight is 284 g/mol. The largest absolute Gasteiger partial charge is 0.356 e. The Morgan fingerprint density at radius 2 is 2.31 bits per heavy atom. The van der Waals surface area contributed by atoms with Gasteiger partial charge in [-0.2, -0.15) is 0 Å². The van der Waals surface area contributed by atoms with Gasteiger partial charge in [0.25, 0.3) is 0 Å². The van der Waals surface area contributed by atoms with Crippen LogP contribution in [0.1, 0.15) is 24.8 Å². The van der Waals surface area contributed by atoms with Crippen molar-refractivity contribution in [2.45, 2.75) is 31.8 Å². The van der Waals surface area contributed by atoms with Crippen LogP contribution < -0.4 is 10.2 Å².